The Labute approximate surface area is 121 Å². The molecule has 0 aliphatic carbocycles. The fourth-order valence-electron chi connectivity index (χ4n) is 2.35. The molecular formula is C16H13N3O2. The molecule has 3 aromatic rings. The summed E-state index contributed by atoms with van der Waals surface area (Å²) >= 11 is 0. The number of nitro groups is 1. The lowest BCUT2D eigenvalue weighted by Gasteiger charge is -2.04. The second-order valence-corrected chi connectivity index (χ2v) is 4.80. The average molecular weight is 279 g/mol. The van der Waals surface area contributed by atoms with Gasteiger partial charge in [-0.1, -0.05) is 18.7 Å². The largest absolute Gasteiger partial charge is 0.271 e. The van der Waals surface area contributed by atoms with E-state index < -0.39 is 4.92 Å². The second-order valence-electron chi connectivity index (χ2n) is 4.80. The molecule has 0 atom stereocenters. The lowest BCUT2D eigenvalue weighted by Crippen LogP contribution is -1.97. The Hall–Kier alpha value is -2.95. The molecule has 1 heterocycles. The Morgan fingerprint density at radius 3 is 2.76 bits per heavy atom. The van der Waals surface area contributed by atoms with E-state index in [1.54, 1.807) is 16.8 Å². The van der Waals surface area contributed by atoms with Crippen LogP contribution >= 0.6 is 0 Å². The van der Waals surface area contributed by atoms with Crippen molar-refractivity contribution < 1.29 is 4.92 Å². The zero-order valence-electron chi connectivity index (χ0n) is 11.5. The summed E-state index contributed by atoms with van der Waals surface area (Å²) in [7, 11) is 0. The first-order valence-corrected chi connectivity index (χ1v) is 6.47. The van der Waals surface area contributed by atoms with Crippen molar-refractivity contribution in [3.05, 3.63) is 70.4 Å². The van der Waals surface area contributed by atoms with Crippen molar-refractivity contribution in [2.45, 2.75) is 6.92 Å². The van der Waals surface area contributed by atoms with Gasteiger partial charge in [0.05, 0.1) is 21.8 Å². The molecule has 0 radical (unpaired) electrons. The van der Waals surface area contributed by atoms with Crippen LogP contribution in [-0.2, 0) is 0 Å². The third-order valence-electron chi connectivity index (χ3n) is 3.34. The predicted molar refractivity (Wildman–Crippen MR) is 82.6 cm³/mol. The van der Waals surface area contributed by atoms with Gasteiger partial charge in [0.15, 0.2) is 0 Å². The molecule has 0 aliphatic rings. The molecule has 0 fully saturated rings. The summed E-state index contributed by atoms with van der Waals surface area (Å²) in [6.45, 7) is 5.75. The topological polar surface area (TPSA) is 61.0 Å². The fourth-order valence-corrected chi connectivity index (χ4v) is 2.35. The Morgan fingerprint density at radius 1 is 1.29 bits per heavy atom. The molecular weight excluding hydrogens is 266 g/mol. The van der Waals surface area contributed by atoms with Gasteiger partial charge in [-0.15, -0.1) is 0 Å². The zero-order chi connectivity index (χ0) is 15.0. The Morgan fingerprint density at radius 2 is 2.10 bits per heavy atom. The van der Waals surface area contributed by atoms with Crippen LogP contribution in [0.1, 0.15) is 11.3 Å². The van der Waals surface area contributed by atoms with E-state index in [0.29, 0.717) is 11.2 Å². The van der Waals surface area contributed by atoms with Gasteiger partial charge in [0, 0.05) is 17.5 Å². The zero-order valence-corrected chi connectivity index (χ0v) is 11.5. The van der Waals surface area contributed by atoms with E-state index in [1.807, 2.05) is 31.2 Å². The van der Waals surface area contributed by atoms with Crippen molar-refractivity contribution in [1.82, 2.24) is 9.78 Å². The summed E-state index contributed by atoms with van der Waals surface area (Å²) in [6.07, 6.45) is 1.65. The van der Waals surface area contributed by atoms with E-state index in [0.717, 1.165) is 16.6 Å². The molecule has 21 heavy (non-hydrogen) atoms. The van der Waals surface area contributed by atoms with Gasteiger partial charge in [-0.2, -0.15) is 5.10 Å². The standard InChI is InChI=1S/C16H13N3O2/c1-3-15-14-8-7-13(19(20)21)10-16(14)18(17-15)12-6-4-5-11(2)9-12/h3-10H,1H2,2H3. The number of fused-ring (bicyclic) bond motifs is 1. The van der Waals surface area contributed by atoms with Crippen LogP contribution in [0.3, 0.4) is 0 Å². The van der Waals surface area contributed by atoms with Gasteiger partial charge in [0.25, 0.3) is 5.69 Å². The molecule has 0 saturated carbocycles. The lowest BCUT2D eigenvalue weighted by atomic mass is 10.2. The van der Waals surface area contributed by atoms with E-state index in [2.05, 4.69) is 11.7 Å². The number of aromatic nitrogens is 2. The number of hydrogen-bond donors (Lipinski definition) is 0. The van der Waals surface area contributed by atoms with Crippen LogP contribution in [0.5, 0.6) is 0 Å². The maximum atomic E-state index is 11.0. The Kier molecular flexibility index (Phi) is 3.02. The van der Waals surface area contributed by atoms with Crippen LogP contribution in [0.25, 0.3) is 22.7 Å². The lowest BCUT2D eigenvalue weighted by molar-refractivity contribution is -0.384. The van der Waals surface area contributed by atoms with Crippen molar-refractivity contribution in [2.75, 3.05) is 0 Å². The smallest absolute Gasteiger partial charge is 0.258 e. The maximum Gasteiger partial charge on any atom is 0.271 e. The molecule has 3 rings (SSSR count). The quantitative estimate of drug-likeness (QED) is 0.540. The van der Waals surface area contributed by atoms with Crippen LogP contribution in [0.4, 0.5) is 5.69 Å². The van der Waals surface area contributed by atoms with Gasteiger partial charge in [-0.25, -0.2) is 4.68 Å². The van der Waals surface area contributed by atoms with E-state index in [1.165, 1.54) is 12.1 Å². The molecule has 0 amide bonds. The van der Waals surface area contributed by atoms with Gasteiger partial charge in [0.1, 0.15) is 0 Å². The summed E-state index contributed by atoms with van der Waals surface area (Å²) in [6, 6.07) is 12.6. The maximum absolute atomic E-state index is 11.0. The van der Waals surface area contributed by atoms with E-state index in [9.17, 15) is 10.1 Å². The van der Waals surface area contributed by atoms with E-state index in [4.69, 9.17) is 0 Å². The molecule has 0 spiro atoms. The molecule has 0 aliphatic heterocycles. The molecule has 0 saturated heterocycles. The first-order valence-electron chi connectivity index (χ1n) is 6.47. The van der Waals surface area contributed by atoms with Crippen LogP contribution in [0.15, 0.2) is 49.0 Å². The molecule has 0 N–H and O–H groups in total. The number of hydrogen-bond acceptors (Lipinski definition) is 3. The third kappa shape index (κ3) is 2.18. The summed E-state index contributed by atoms with van der Waals surface area (Å²) in [5.41, 5.74) is 3.42. The molecule has 1 aromatic heterocycles. The molecule has 5 nitrogen and oxygen atoms in total. The summed E-state index contributed by atoms with van der Waals surface area (Å²) in [4.78, 5) is 10.6. The minimum Gasteiger partial charge on any atom is -0.258 e. The summed E-state index contributed by atoms with van der Waals surface area (Å²) in [5.74, 6) is 0. The van der Waals surface area contributed by atoms with Crippen LogP contribution in [0.2, 0.25) is 0 Å². The first kappa shape index (κ1) is 13.1. The molecule has 2 aromatic carbocycles. The van der Waals surface area contributed by atoms with Gasteiger partial charge in [-0.05, 0) is 36.8 Å². The number of non-ortho nitro benzene ring substituents is 1. The number of rotatable bonds is 3. The van der Waals surface area contributed by atoms with E-state index >= 15 is 0 Å². The van der Waals surface area contributed by atoms with Crippen molar-refractivity contribution in [2.24, 2.45) is 0 Å². The SMILES string of the molecule is C=Cc1nn(-c2cccc(C)c2)c2cc([N+](=O)[O-])ccc12. The first-order chi connectivity index (χ1) is 10.1. The van der Waals surface area contributed by atoms with Gasteiger partial charge >= 0.3 is 0 Å². The molecule has 104 valence electrons. The summed E-state index contributed by atoms with van der Waals surface area (Å²) < 4.78 is 1.71. The van der Waals surface area contributed by atoms with Crippen LogP contribution in [-0.4, -0.2) is 14.7 Å². The number of aryl methyl sites for hydroxylation is 1. The predicted octanol–water partition coefficient (Wildman–Crippen LogP) is 3.89. The normalized spacial score (nSPS) is 10.7. The Balaban J connectivity index is 2.33. The van der Waals surface area contributed by atoms with Crippen molar-refractivity contribution >= 4 is 22.7 Å². The highest BCUT2D eigenvalue weighted by molar-refractivity contribution is 5.89. The van der Waals surface area contributed by atoms with Gasteiger partial charge in [0.2, 0.25) is 0 Å². The molecule has 5 heteroatoms. The molecule has 0 unspecified atom stereocenters. The Bertz CT molecular complexity index is 865. The highest BCUT2D eigenvalue weighted by Gasteiger charge is 2.14. The second kappa shape index (κ2) is 4.86. The fraction of sp³-hybridized carbons (Fsp3) is 0.0625. The minimum absolute atomic E-state index is 0.0481. The van der Waals surface area contributed by atoms with Gasteiger partial charge < -0.3 is 0 Å². The van der Waals surface area contributed by atoms with Crippen molar-refractivity contribution in [3.63, 3.8) is 0 Å². The highest BCUT2D eigenvalue weighted by Crippen LogP contribution is 2.27. The summed E-state index contributed by atoms with van der Waals surface area (Å²) in [5, 5.41) is 16.3. The van der Waals surface area contributed by atoms with Crippen LogP contribution in [0, 0.1) is 17.0 Å². The highest BCUT2D eigenvalue weighted by atomic mass is 16.6. The van der Waals surface area contributed by atoms with Crippen molar-refractivity contribution in [3.8, 4) is 5.69 Å². The monoisotopic (exact) mass is 279 g/mol. The minimum atomic E-state index is -0.402. The van der Waals surface area contributed by atoms with Crippen LogP contribution < -0.4 is 0 Å². The third-order valence-corrected chi connectivity index (χ3v) is 3.34. The van der Waals surface area contributed by atoms with E-state index in [-0.39, 0.29) is 5.69 Å². The number of nitro benzene ring substituents is 1. The van der Waals surface area contributed by atoms with Crippen molar-refractivity contribution in [1.29, 1.82) is 0 Å². The average Bonchev–Trinajstić information content (AvgIpc) is 2.85. The number of benzene rings is 2. The van der Waals surface area contributed by atoms with Gasteiger partial charge in [-0.3, -0.25) is 10.1 Å². The number of nitrogens with zero attached hydrogens (tertiary/aromatic N) is 3. The molecule has 0 bridgehead atoms.